The number of benzene rings is 2. The summed E-state index contributed by atoms with van der Waals surface area (Å²) in [7, 11) is 3.07. The summed E-state index contributed by atoms with van der Waals surface area (Å²) in [5, 5.41) is 6.07. The molecular formula is C26H35N3O4. The summed E-state index contributed by atoms with van der Waals surface area (Å²) in [5.41, 5.74) is 1.65. The van der Waals surface area contributed by atoms with Crippen molar-refractivity contribution in [2.75, 3.05) is 27.3 Å². The van der Waals surface area contributed by atoms with Crippen molar-refractivity contribution in [1.82, 2.24) is 15.5 Å². The van der Waals surface area contributed by atoms with E-state index < -0.39 is 6.04 Å². The van der Waals surface area contributed by atoms with Crippen LogP contribution in [-0.2, 0) is 11.3 Å². The molecule has 0 bridgehead atoms. The molecular weight excluding hydrogens is 418 g/mol. The molecule has 1 heterocycles. The highest BCUT2D eigenvalue weighted by molar-refractivity contribution is 5.98. The van der Waals surface area contributed by atoms with Crippen LogP contribution in [0.25, 0.3) is 0 Å². The van der Waals surface area contributed by atoms with Crippen LogP contribution < -0.4 is 20.1 Å². The Morgan fingerprint density at radius 2 is 1.73 bits per heavy atom. The third-order valence-corrected chi connectivity index (χ3v) is 5.95. The smallest absolute Gasteiger partial charge is 0.252 e. The van der Waals surface area contributed by atoms with E-state index >= 15 is 0 Å². The maximum absolute atomic E-state index is 13.1. The zero-order valence-electron chi connectivity index (χ0n) is 20.0. The van der Waals surface area contributed by atoms with Crippen LogP contribution in [0.5, 0.6) is 11.5 Å². The second kappa shape index (κ2) is 11.7. The van der Waals surface area contributed by atoms with E-state index in [-0.39, 0.29) is 23.8 Å². The van der Waals surface area contributed by atoms with Gasteiger partial charge in [-0.05, 0) is 43.0 Å². The molecule has 1 saturated heterocycles. The number of methoxy groups -OCH3 is 2. The van der Waals surface area contributed by atoms with E-state index in [1.807, 2.05) is 32.0 Å². The molecule has 0 aromatic heterocycles. The third-order valence-electron chi connectivity index (χ3n) is 5.95. The highest BCUT2D eigenvalue weighted by Crippen LogP contribution is 2.23. The van der Waals surface area contributed by atoms with Crippen LogP contribution >= 0.6 is 0 Å². The lowest BCUT2D eigenvalue weighted by molar-refractivity contribution is -0.125. The predicted molar refractivity (Wildman–Crippen MR) is 129 cm³/mol. The molecule has 3 rings (SSSR count). The Morgan fingerprint density at radius 1 is 1.06 bits per heavy atom. The van der Waals surface area contributed by atoms with Crippen LogP contribution in [0.1, 0.15) is 42.6 Å². The van der Waals surface area contributed by atoms with Gasteiger partial charge in [0.05, 0.1) is 14.2 Å². The minimum Gasteiger partial charge on any atom is -0.497 e. The average molecular weight is 454 g/mol. The molecule has 1 aliphatic rings. The van der Waals surface area contributed by atoms with Crippen molar-refractivity contribution in [2.24, 2.45) is 5.92 Å². The Kier molecular flexibility index (Phi) is 8.72. The fourth-order valence-electron chi connectivity index (χ4n) is 4.15. The standard InChI is InChI=1S/C26H35N3O4/c1-18(2)24(28-25(30)20-13-22(32-3)15-23(14-20)33-4)26(31)27-21-11-8-12-29(17-21)16-19-9-6-5-7-10-19/h5-7,9-10,13-15,18,21,24H,8,11-12,16-17H2,1-4H3,(H,27,31)(H,28,30). The molecule has 2 amide bonds. The van der Waals surface area contributed by atoms with Crippen molar-refractivity contribution in [3.05, 3.63) is 59.7 Å². The molecule has 2 unspecified atom stereocenters. The van der Waals surface area contributed by atoms with Crippen LogP contribution in [0.2, 0.25) is 0 Å². The van der Waals surface area contributed by atoms with E-state index in [0.29, 0.717) is 17.1 Å². The second-order valence-corrected chi connectivity index (χ2v) is 8.86. The van der Waals surface area contributed by atoms with Crippen LogP contribution in [0, 0.1) is 5.92 Å². The first-order valence-electron chi connectivity index (χ1n) is 11.5. The average Bonchev–Trinajstić information content (AvgIpc) is 2.82. The number of rotatable bonds is 9. The van der Waals surface area contributed by atoms with E-state index in [9.17, 15) is 9.59 Å². The fraction of sp³-hybridized carbons (Fsp3) is 0.462. The summed E-state index contributed by atoms with van der Waals surface area (Å²) in [6.45, 7) is 6.55. The van der Waals surface area contributed by atoms with Gasteiger partial charge in [-0.25, -0.2) is 0 Å². The molecule has 2 atom stereocenters. The fourth-order valence-corrected chi connectivity index (χ4v) is 4.15. The Bertz CT molecular complexity index is 910. The number of piperidine rings is 1. The number of hydrogen-bond acceptors (Lipinski definition) is 5. The molecule has 0 aliphatic carbocycles. The van der Waals surface area contributed by atoms with Crippen molar-refractivity contribution >= 4 is 11.8 Å². The van der Waals surface area contributed by atoms with Crippen LogP contribution in [0.4, 0.5) is 0 Å². The van der Waals surface area contributed by atoms with Crippen LogP contribution in [-0.4, -0.2) is 56.1 Å². The van der Waals surface area contributed by atoms with Gasteiger partial charge in [-0.2, -0.15) is 0 Å². The lowest BCUT2D eigenvalue weighted by Gasteiger charge is -2.34. The summed E-state index contributed by atoms with van der Waals surface area (Å²) < 4.78 is 10.5. The number of ether oxygens (including phenoxy) is 2. The molecule has 7 heteroatoms. The van der Waals surface area contributed by atoms with Crippen molar-refractivity contribution in [3.63, 3.8) is 0 Å². The van der Waals surface area contributed by atoms with Gasteiger partial charge >= 0.3 is 0 Å². The zero-order valence-corrected chi connectivity index (χ0v) is 20.0. The van der Waals surface area contributed by atoms with Crippen molar-refractivity contribution in [1.29, 1.82) is 0 Å². The van der Waals surface area contributed by atoms with Gasteiger partial charge < -0.3 is 20.1 Å². The molecule has 1 aliphatic heterocycles. The van der Waals surface area contributed by atoms with Gasteiger partial charge in [-0.3, -0.25) is 14.5 Å². The number of carbonyl (C=O) groups excluding carboxylic acids is 2. The molecule has 178 valence electrons. The van der Waals surface area contributed by atoms with Gasteiger partial charge in [-0.1, -0.05) is 44.2 Å². The molecule has 7 nitrogen and oxygen atoms in total. The minimum absolute atomic E-state index is 0.0602. The summed E-state index contributed by atoms with van der Waals surface area (Å²) >= 11 is 0. The Labute approximate surface area is 196 Å². The van der Waals surface area contributed by atoms with Gasteiger partial charge in [0.25, 0.3) is 5.91 Å². The van der Waals surface area contributed by atoms with E-state index in [1.54, 1.807) is 18.2 Å². The van der Waals surface area contributed by atoms with E-state index in [2.05, 4.69) is 27.7 Å². The van der Waals surface area contributed by atoms with Crippen LogP contribution in [0.15, 0.2) is 48.5 Å². The topological polar surface area (TPSA) is 79.9 Å². The number of hydrogen-bond donors (Lipinski definition) is 2. The zero-order chi connectivity index (χ0) is 23.8. The Hall–Kier alpha value is -3.06. The van der Waals surface area contributed by atoms with Gasteiger partial charge in [0.2, 0.25) is 5.91 Å². The summed E-state index contributed by atoms with van der Waals surface area (Å²) in [4.78, 5) is 28.4. The number of nitrogens with zero attached hydrogens (tertiary/aromatic N) is 1. The van der Waals surface area contributed by atoms with E-state index in [4.69, 9.17) is 9.47 Å². The SMILES string of the molecule is COc1cc(OC)cc(C(=O)NC(C(=O)NC2CCCN(Cc3ccccc3)C2)C(C)C)c1. The van der Waals surface area contributed by atoms with E-state index in [1.165, 1.54) is 19.8 Å². The minimum atomic E-state index is -0.640. The van der Waals surface area contributed by atoms with Gasteiger partial charge in [-0.15, -0.1) is 0 Å². The normalized spacial score (nSPS) is 17.3. The molecule has 33 heavy (non-hydrogen) atoms. The van der Waals surface area contributed by atoms with Crippen molar-refractivity contribution in [3.8, 4) is 11.5 Å². The first-order valence-corrected chi connectivity index (χ1v) is 11.5. The van der Waals surface area contributed by atoms with Crippen molar-refractivity contribution in [2.45, 2.75) is 45.3 Å². The Balaban J connectivity index is 1.62. The monoisotopic (exact) mass is 453 g/mol. The summed E-state index contributed by atoms with van der Waals surface area (Å²) in [5.74, 6) is 0.483. The number of likely N-dealkylation sites (tertiary alicyclic amines) is 1. The largest absolute Gasteiger partial charge is 0.497 e. The maximum atomic E-state index is 13.1. The molecule has 0 spiro atoms. The number of carbonyl (C=O) groups is 2. The second-order valence-electron chi connectivity index (χ2n) is 8.86. The molecule has 2 N–H and O–H groups in total. The number of nitrogens with one attached hydrogen (secondary N) is 2. The number of amides is 2. The lowest BCUT2D eigenvalue weighted by Crippen LogP contribution is -2.55. The predicted octanol–water partition coefficient (Wildman–Crippen LogP) is 3.24. The first-order chi connectivity index (χ1) is 15.9. The first kappa shape index (κ1) is 24.6. The highest BCUT2D eigenvalue weighted by atomic mass is 16.5. The molecule has 0 saturated carbocycles. The third kappa shape index (κ3) is 6.96. The highest BCUT2D eigenvalue weighted by Gasteiger charge is 2.29. The van der Waals surface area contributed by atoms with Crippen molar-refractivity contribution < 1.29 is 19.1 Å². The summed E-state index contributed by atoms with van der Waals surface area (Å²) in [6, 6.07) is 14.8. The van der Waals surface area contributed by atoms with Gasteiger partial charge in [0.1, 0.15) is 17.5 Å². The van der Waals surface area contributed by atoms with Gasteiger partial charge in [0.15, 0.2) is 0 Å². The maximum Gasteiger partial charge on any atom is 0.252 e. The molecule has 1 fully saturated rings. The van der Waals surface area contributed by atoms with Crippen LogP contribution in [0.3, 0.4) is 0 Å². The summed E-state index contributed by atoms with van der Waals surface area (Å²) in [6.07, 6.45) is 1.96. The Morgan fingerprint density at radius 3 is 2.33 bits per heavy atom. The molecule has 2 aromatic rings. The molecule has 2 aromatic carbocycles. The quantitative estimate of drug-likeness (QED) is 0.609. The van der Waals surface area contributed by atoms with Gasteiger partial charge in [0, 0.05) is 30.8 Å². The molecule has 0 radical (unpaired) electrons. The van der Waals surface area contributed by atoms with E-state index in [0.717, 1.165) is 32.5 Å². The lowest BCUT2D eigenvalue weighted by atomic mass is 10.00.